The van der Waals surface area contributed by atoms with Crippen molar-refractivity contribution in [2.24, 2.45) is 0 Å². The molecule has 0 aliphatic rings. The number of amides is 1. The Balaban J connectivity index is 1.63. The molecule has 0 bridgehead atoms. The third-order valence-electron chi connectivity index (χ3n) is 3.02. The zero-order chi connectivity index (χ0) is 15.4. The first kappa shape index (κ1) is 14.5. The third-order valence-corrected chi connectivity index (χ3v) is 4.12. The number of H-pyrrole nitrogens is 1. The van der Waals surface area contributed by atoms with E-state index in [0.29, 0.717) is 17.2 Å². The highest BCUT2D eigenvalue weighted by molar-refractivity contribution is 8.00. The highest BCUT2D eigenvalue weighted by Gasteiger charge is 2.17. The molecule has 0 aliphatic heterocycles. The molecular weight excluding hydrogens is 300 g/mol. The Bertz CT molecular complexity index is 775. The number of pyridine rings is 1. The SMILES string of the molecule is C[C@H](Sc1ncnc2nc[nH]c12)C(=O)NCc1ccccn1. The lowest BCUT2D eigenvalue weighted by Gasteiger charge is -2.11. The van der Waals surface area contributed by atoms with Crippen molar-refractivity contribution in [1.82, 2.24) is 30.2 Å². The highest BCUT2D eigenvalue weighted by Crippen LogP contribution is 2.25. The van der Waals surface area contributed by atoms with Gasteiger partial charge in [-0.05, 0) is 19.1 Å². The van der Waals surface area contributed by atoms with E-state index in [1.807, 2.05) is 25.1 Å². The summed E-state index contributed by atoms with van der Waals surface area (Å²) in [5, 5.41) is 3.29. The molecule has 0 radical (unpaired) electrons. The van der Waals surface area contributed by atoms with E-state index < -0.39 is 0 Å². The predicted octanol–water partition coefficient (Wildman–Crippen LogP) is 1.54. The molecule has 3 rings (SSSR count). The third kappa shape index (κ3) is 3.22. The maximum absolute atomic E-state index is 12.2. The highest BCUT2D eigenvalue weighted by atomic mass is 32.2. The van der Waals surface area contributed by atoms with E-state index >= 15 is 0 Å². The number of hydrogen-bond acceptors (Lipinski definition) is 6. The zero-order valence-corrected chi connectivity index (χ0v) is 12.7. The standard InChI is InChI=1S/C14H14N6OS/c1-9(13(21)16-6-10-4-2-3-5-15-10)22-14-11-12(18-7-17-11)19-8-20-14/h2-5,7-9H,6H2,1H3,(H,16,21)(H,17,18,19,20)/t9-/m0/s1. The van der Waals surface area contributed by atoms with Crippen LogP contribution in [0.1, 0.15) is 12.6 Å². The van der Waals surface area contributed by atoms with Crippen LogP contribution in [0.15, 0.2) is 42.1 Å². The molecule has 22 heavy (non-hydrogen) atoms. The predicted molar refractivity (Wildman–Crippen MR) is 83.1 cm³/mol. The van der Waals surface area contributed by atoms with Crippen LogP contribution in [0.25, 0.3) is 11.2 Å². The van der Waals surface area contributed by atoms with Gasteiger partial charge < -0.3 is 10.3 Å². The number of carbonyl (C=O) groups excluding carboxylic acids is 1. The molecule has 0 unspecified atom stereocenters. The second kappa shape index (κ2) is 6.52. The van der Waals surface area contributed by atoms with Crippen LogP contribution in [-0.4, -0.2) is 36.1 Å². The molecule has 1 amide bonds. The van der Waals surface area contributed by atoms with Crippen molar-refractivity contribution in [2.75, 3.05) is 0 Å². The summed E-state index contributed by atoms with van der Waals surface area (Å²) in [5.74, 6) is -0.0677. The first-order valence-electron chi connectivity index (χ1n) is 6.72. The summed E-state index contributed by atoms with van der Waals surface area (Å²) in [6.45, 7) is 2.25. The van der Waals surface area contributed by atoms with E-state index in [4.69, 9.17) is 0 Å². The Morgan fingerprint density at radius 3 is 3.05 bits per heavy atom. The van der Waals surface area contributed by atoms with Crippen LogP contribution in [0, 0.1) is 0 Å². The summed E-state index contributed by atoms with van der Waals surface area (Å²) in [4.78, 5) is 31.7. The minimum Gasteiger partial charge on any atom is -0.349 e. The number of imidazole rings is 1. The lowest BCUT2D eigenvalue weighted by molar-refractivity contribution is -0.120. The van der Waals surface area contributed by atoms with Crippen molar-refractivity contribution < 1.29 is 4.79 Å². The van der Waals surface area contributed by atoms with Gasteiger partial charge in [0.25, 0.3) is 0 Å². The lowest BCUT2D eigenvalue weighted by Crippen LogP contribution is -2.30. The number of nitrogens with zero attached hydrogens (tertiary/aromatic N) is 4. The van der Waals surface area contributed by atoms with Crippen LogP contribution in [-0.2, 0) is 11.3 Å². The molecular formula is C14H14N6OS. The summed E-state index contributed by atoms with van der Waals surface area (Å²) in [6, 6.07) is 5.60. The topological polar surface area (TPSA) is 96.5 Å². The van der Waals surface area contributed by atoms with Crippen molar-refractivity contribution in [3.63, 3.8) is 0 Å². The average molecular weight is 314 g/mol. The van der Waals surface area contributed by atoms with E-state index in [0.717, 1.165) is 11.2 Å². The van der Waals surface area contributed by atoms with E-state index in [1.165, 1.54) is 18.1 Å². The van der Waals surface area contributed by atoms with E-state index in [-0.39, 0.29) is 11.2 Å². The Labute approximate surface area is 131 Å². The molecule has 3 heterocycles. The van der Waals surface area contributed by atoms with Crippen molar-refractivity contribution in [1.29, 1.82) is 0 Å². The second-order valence-electron chi connectivity index (χ2n) is 4.58. The van der Waals surface area contributed by atoms with E-state index in [9.17, 15) is 4.79 Å². The maximum Gasteiger partial charge on any atom is 0.233 e. The Hall–Kier alpha value is -2.48. The number of rotatable bonds is 5. The van der Waals surface area contributed by atoms with Crippen molar-refractivity contribution in [3.8, 4) is 0 Å². The monoisotopic (exact) mass is 314 g/mol. The first-order valence-corrected chi connectivity index (χ1v) is 7.60. The van der Waals surface area contributed by atoms with Crippen molar-refractivity contribution in [3.05, 3.63) is 42.7 Å². The molecule has 2 N–H and O–H groups in total. The summed E-state index contributed by atoms with van der Waals surface area (Å²) in [7, 11) is 0. The van der Waals surface area contributed by atoms with Gasteiger partial charge in [-0.15, -0.1) is 0 Å². The minimum absolute atomic E-state index is 0.0677. The molecule has 3 aromatic heterocycles. The van der Waals surface area contributed by atoms with Gasteiger partial charge in [-0.2, -0.15) is 0 Å². The van der Waals surface area contributed by atoms with Crippen LogP contribution in [0.2, 0.25) is 0 Å². The number of carbonyl (C=O) groups is 1. The van der Waals surface area contributed by atoms with Gasteiger partial charge in [0.2, 0.25) is 5.91 Å². The maximum atomic E-state index is 12.2. The number of fused-ring (bicyclic) bond motifs is 1. The molecule has 0 fully saturated rings. The molecule has 0 spiro atoms. The van der Waals surface area contributed by atoms with Crippen LogP contribution in [0.3, 0.4) is 0 Å². The lowest BCUT2D eigenvalue weighted by atomic mass is 10.3. The van der Waals surface area contributed by atoms with Crippen molar-refractivity contribution in [2.45, 2.75) is 23.7 Å². The van der Waals surface area contributed by atoms with Crippen LogP contribution >= 0.6 is 11.8 Å². The van der Waals surface area contributed by atoms with Gasteiger partial charge in [0, 0.05) is 6.20 Å². The fourth-order valence-corrected chi connectivity index (χ4v) is 2.78. The molecule has 8 heteroatoms. The van der Waals surface area contributed by atoms with Gasteiger partial charge in [0.15, 0.2) is 5.65 Å². The van der Waals surface area contributed by atoms with Gasteiger partial charge in [-0.25, -0.2) is 15.0 Å². The smallest absolute Gasteiger partial charge is 0.233 e. The largest absolute Gasteiger partial charge is 0.349 e. The quantitative estimate of drug-likeness (QED) is 0.548. The van der Waals surface area contributed by atoms with E-state index in [1.54, 1.807) is 12.5 Å². The summed E-state index contributed by atoms with van der Waals surface area (Å²) < 4.78 is 0. The van der Waals surface area contributed by atoms with Gasteiger partial charge in [-0.3, -0.25) is 9.78 Å². The average Bonchev–Trinajstić information content (AvgIpc) is 3.03. The molecule has 0 saturated heterocycles. The van der Waals surface area contributed by atoms with Crippen LogP contribution < -0.4 is 5.32 Å². The molecule has 7 nitrogen and oxygen atoms in total. The molecule has 0 saturated carbocycles. The number of aromatic amines is 1. The number of thioether (sulfide) groups is 1. The zero-order valence-electron chi connectivity index (χ0n) is 11.9. The number of aromatic nitrogens is 5. The molecule has 0 aliphatic carbocycles. The van der Waals surface area contributed by atoms with Crippen molar-refractivity contribution >= 4 is 28.8 Å². The molecule has 3 aromatic rings. The number of nitrogens with one attached hydrogen (secondary N) is 2. The molecule has 112 valence electrons. The molecule has 0 aromatic carbocycles. The summed E-state index contributed by atoms with van der Waals surface area (Å²) in [5.41, 5.74) is 2.17. The first-order chi connectivity index (χ1) is 10.7. The fraction of sp³-hybridized carbons (Fsp3) is 0.214. The Kier molecular flexibility index (Phi) is 4.29. The number of hydrogen-bond donors (Lipinski definition) is 2. The Morgan fingerprint density at radius 2 is 2.23 bits per heavy atom. The van der Waals surface area contributed by atoms with Crippen LogP contribution in [0.4, 0.5) is 0 Å². The molecule has 1 atom stereocenters. The summed E-state index contributed by atoms with van der Waals surface area (Å²) in [6.07, 6.45) is 4.72. The van der Waals surface area contributed by atoms with E-state index in [2.05, 4.69) is 30.2 Å². The second-order valence-corrected chi connectivity index (χ2v) is 5.91. The van der Waals surface area contributed by atoms with Gasteiger partial charge in [-0.1, -0.05) is 17.8 Å². The van der Waals surface area contributed by atoms with Gasteiger partial charge in [0.1, 0.15) is 16.9 Å². The normalized spacial score (nSPS) is 12.2. The van der Waals surface area contributed by atoms with Gasteiger partial charge in [0.05, 0.1) is 23.8 Å². The Morgan fingerprint density at radius 1 is 1.32 bits per heavy atom. The van der Waals surface area contributed by atoms with Gasteiger partial charge >= 0.3 is 0 Å². The fourth-order valence-electron chi connectivity index (χ4n) is 1.88. The van der Waals surface area contributed by atoms with Crippen LogP contribution in [0.5, 0.6) is 0 Å². The minimum atomic E-state index is -0.287. The summed E-state index contributed by atoms with van der Waals surface area (Å²) >= 11 is 1.37.